The van der Waals surface area contributed by atoms with Gasteiger partial charge in [-0.3, -0.25) is 4.79 Å². The molecule has 1 fully saturated rings. The van der Waals surface area contributed by atoms with E-state index in [1.165, 1.54) is 0 Å². The quantitative estimate of drug-likeness (QED) is 0.595. The Hall–Kier alpha value is -0.370. The Bertz CT molecular complexity index is 109. The zero-order valence-electron chi connectivity index (χ0n) is 5.47. The predicted octanol–water partition coefficient (Wildman–Crippen LogP) is 0.738. The average Bonchev–Trinajstić information content (AvgIpc) is 2.17. The van der Waals surface area contributed by atoms with Crippen LogP contribution in [0.2, 0.25) is 0 Å². The molecule has 1 rings (SSSR count). The fourth-order valence-electron chi connectivity index (χ4n) is 1.32. The topological polar surface area (TPSA) is 37.3 Å². The summed E-state index contributed by atoms with van der Waals surface area (Å²) in [7, 11) is 0. The van der Waals surface area contributed by atoms with Crippen LogP contribution in [0, 0.1) is 5.92 Å². The van der Waals surface area contributed by atoms with Crippen LogP contribution in [-0.4, -0.2) is 17.5 Å². The van der Waals surface area contributed by atoms with E-state index >= 15 is 0 Å². The van der Waals surface area contributed by atoms with E-state index in [0.29, 0.717) is 18.1 Å². The third-order valence-electron chi connectivity index (χ3n) is 1.89. The van der Waals surface area contributed by atoms with Crippen LogP contribution in [0.25, 0.3) is 0 Å². The van der Waals surface area contributed by atoms with E-state index in [9.17, 15) is 4.79 Å². The highest BCUT2D eigenvalue weighted by molar-refractivity contribution is 5.80. The lowest BCUT2D eigenvalue weighted by Gasteiger charge is -2.01. The Balaban J connectivity index is 2.22. The molecule has 1 aliphatic rings. The average molecular weight is 128 g/mol. The van der Waals surface area contributed by atoms with E-state index in [-0.39, 0.29) is 6.61 Å². The maximum absolute atomic E-state index is 10.6. The number of Topliss-reactive ketones (excluding diaryl/α,β-unsaturated/α-hetero) is 1. The zero-order valence-corrected chi connectivity index (χ0v) is 5.47. The van der Waals surface area contributed by atoms with Crippen molar-refractivity contribution in [3.8, 4) is 0 Å². The molecule has 0 heterocycles. The minimum Gasteiger partial charge on any atom is -0.396 e. The van der Waals surface area contributed by atoms with Crippen molar-refractivity contribution >= 4 is 5.78 Å². The van der Waals surface area contributed by atoms with Crippen LogP contribution in [0.15, 0.2) is 0 Å². The first-order chi connectivity index (χ1) is 4.33. The highest BCUT2D eigenvalue weighted by Gasteiger charge is 2.20. The van der Waals surface area contributed by atoms with Gasteiger partial charge in [0, 0.05) is 19.4 Å². The second-order valence-corrected chi connectivity index (χ2v) is 2.66. The fourth-order valence-corrected chi connectivity index (χ4v) is 1.32. The molecule has 0 amide bonds. The minimum atomic E-state index is 0.234. The lowest BCUT2D eigenvalue weighted by molar-refractivity contribution is -0.117. The minimum absolute atomic E-state index is 0.234. The van der Waals surface area contributed by atoms with Gasteiger partial charge in [-0.05, 0) is 18.8 Å². The van der Waals surface area contributed by atoms with Gasteiger partial charge in [-0.1, -0.05) is 0 Å². The lowest BCUT2D eigenvalue weighted by Crippen LogP contribution is -1.97. The third kappa shape index (κ3) is 1.79. The highest BCUT2D eigenvalue weighted by atomic mass is 16.3. The van der Waals surface area contributed by atoms with Gasteiger partial charge in [-0.15, -0.1) is 0 Å². The molecule has 0 unspecified atom stereocenters. The molecule has 1 aliphatic carbocycles. The van der Waals surface area contributed by atoms with Gasteiger partial charge in [0.1, 0.15) is 5.78 Å². The van der Waals surface area contributed by atoms with Crippen LogP contribution in [0.5, 0.6) is 0 Å². The normalized spacial score (nSPS) is 27.2. The summed E-state index contributed by atoms with van der Waals surface area (Å²) in [6.45, 7) is 0.234. The van der Waals surface area contributed by atoms with E-state index in [4.69, 9.17) is 5.11 Å². The van der Waals surface area contributed by atoms with Gasteiger partial charge >= 0.3 is 0 Å². The Morgan fingerprint density at radius 3 is 2.89 bits per heavy atom. The van der Waals surface area contributed by atoms with Crippen molar-refractivity contribution in [1.29, 1.82) is 0 Å². The summed E-state index contributed by atoms with van der Waals surface area (Å²) in [5.41, 5.74) is 0. The maximum Gasteiger partial charge on any atom is 0.133 e. The zero-order chi connectivity index (χ0) is 6.69. The van der Waals surface area contributed by atoms with Crippen molar-refractivity contribution in [3.05, 3.63) is 0 Å². The third-order valence-corrected chi connectivity index (χ3v) is 1.89. The number of carbonyl (C=O) groups excluding carboxylic acids is 1. The van der Waals surface area contributed by atoms with Crippen LogP contribution in [0.1, 0.15) is 25.7 Å². The smallest absolute Gasteiger partial charge is 0.133 e. The summed E-state index contributed by atoms with van der Waals surface area (Å²) >= 11 is 0. The molecule has 0 radical (unpaired) electrons. The number of aliphatic hydroxyl groups is 1. The largest absolute Gasteiger partial charge is 0.396 e. The van der Waals surface area contributed by atoms with Crippen molar-refractivity contribution in [2.24, 2.45) is 5.92 Å². The van der Waals surface area contributed by atoms with E-state index in [1.54, 1.807) is 0 Å². The molecule has 0 aromatic rings. The maximum atomic E-state index is 10.6. The number of hydrogen-bond donors (Lipinski definition) is 1. The summed E-state index contributed by atoms with van der Waals surface area (Å²) in [6.07, 6.45) is 3.26. The molecule has 1 atom stereocenters. The number of carbonyl (C=O) groups is 1. The SMILES string of the molecule is O=C1CC[C@H](CCO)C1. The number of aliphatic hydroxyl groups excluding tert-OH is 1. The fraction of sp³-hybridized carbons (Fsp3) is 0.857. The van der Waals surface area contributed by atoms with Crippen molar-refractivity contribution in [2.75, 3.05) is 6.61 Å². The van der Waals surface area contributed by atoms with Crippen LogP contribution in [-0.2, 0) is 4.79 Å². The molecular weight excluding hydrogens is 116 g/mol. The summed E-state index contributed by atoms with van der Waals surface area (Å²) in [4.78, 5) is 10.6. The molecule has 52 valence electrons. The molecule has 1 saturated carbocycles. The van der Waals surface area contributed by atoms with E-state index < -0.39 is 0 Å². The summed E-state index contributed by atoms with van der Waals surface area (Å²) in [5.74, 6) is 0.857. The van der Waals surface area contributed by atoms with Gasteiger partial charge in [0.2, 0.25) is 0 Å². The molecule has 0 aromatic carbocycles. The van der Waals surface area contributed by atoms with Gasteiger partial charge < -0.3 is 5.11 Å². The summed E-state index contributed by atoms with van der Waals surface area (Å²) in [6, 6.07) is 0. The second kappa shape index (κ2) is 2.97. The Labute approximate surface area is 54.9 Å². The highest BCUT2D eigenvalue weighted by Crippen LogP contribution is 2.24. The predicted molar refractivity (Wildman–Crippen MR) is 34.1 cm³/mol. The van der Waals surface area contributed by atoms with Crippen LogP contribution in [0.4, 0.5) is 0 Å². The molecule has 9 heavy (non-hydrogen) atoms. The molecule has 0 aromatic heterocycles. The number of rotatable bonds is 2. The van der Waals surface area contributed by atoms with Crippen molar-refractivity contribution in [2.45, 2.75) is 25.7 Å². The summed E-state index contributed by atoms with van der Waals surface area (Å²) < 4.78 is 0. The molecule has 0 aliphatic heterocycles. The molecule has 0 saturated heterocycles. The van der Waals surface area contributed by atoms with Gasteiger partial charge in [0.05, 0.1) is 0 Å². The molecule has 2 nitrogen and oxygen atoms in total. The molecule has 0 bridgehead atoms. The van der Waals surface area contributed by atoms with Gasteiger partial charge in [-0.2, -0.15) is 0 Å². The first kappa shape index (κ1) is 6.75. The van der Waals surface area contributed by atoms with E-state index in [0.717, 1.165) is 19.3 Å². The van der Waals surface area contributed by atoms with E-state index in [2.05, 4.69) is 0 Å². The molecular formula is C7H12O2. The molecule has 1 N–H and O–H groups in total. The Kier molecular flexibility index (Phi) is 2.22. The second-order valence-electron chi connectivity index (χ2n) is 2.66. The Morgan fingerprint density at radius 2 is 2.44 bits per heavy atom. The molecule has 0 spiro atoms. The van der Waals surface area contributed by atoms with Gasteiger partial charge in [-0.25, -0.2) is 0 Å². The number of ketones is 1. The van der Waals surface area contributed by atoms with Gasteiger partial charge in [0.25, 0.3) is 0 Å². The Morgan fingerprint density at radius 1 is 1.67 bits per heavy atom. The molecule has 2 heteroatoms. The van der Waals surface area contributed by atoms with E-state index in [1.807, 2.05) is 0 Å². The first-order valence-electron chi connectivity index (χ1n) is 3.45. The van der Waals surface area contributed by atoms with Crippen LogP contribution >= 0.6 is 0 Å². The standard InChI is InChI=1S/C7H12O2/c8-4-3-6-1-2-7(9)5-6/h6,8H,1-5H2/t6-/m1/s1. The summed E-state index contributed by atoms with van der Waals surface area (Å²) in [5, 5.41) is 8.50. The first-order valence-corrected chi connectivity index (χ1v) is 3.45. The van der Waals surface area contributed by atoms with Gasteiger partial charge in [0.15, 0.2) is 0 Å². The van der Waals surface area contributed by atoms with Crippen LogP contribution in [0.3, 0.4) is 0 Å². The lowest BCUT2D eigenvalue weighted by atomic mass is 10.1. The van der Waals surface area contributed by atoms with Crippen molar-refractivity contribution in [1.82, 2.24) is 0 Å². The van der Waals surface area contributed by atoms with Crippen molar-refractivity contribution < 1.29 is 9.90 Å². The van der Waals surface area contributed by atoms with Crippen LogP contribution < -0.4 is 0 Å². The van der Waals surface area contributed by atoms with Crippen molar-refractivity contribution in [3.63, 3.8) is 0 Å². The number of hydrogen-bond acceptors (Lipinski definition) is 2. The monoisotopic (exact) mass is 128 g/mol.